The molecule has 0 aliphatic carbocycles. The zero-order valence-electron chi connectivity index (χ0n) is 12.8. The van der Waals surface area contributed by atoms with Gasteiger partial charge in [-0.05, 0) is 6.07 Å². The number of hydrogen-bond donors (Lipinski definition) is 1. The summed E-state index contributed by atoms with van der Waals surface area (Å²) in [5.74, 6) is 0.0699. The van der Waals surface area contributed by atoms with E-state index in [4.69, 9.17) is 9.47 Å². The highest BCUT2D eigenvalue weighted by Gasteiger charge is 2.30. The van der Waals surface area contributed by atoms with Crippen LogP contribution in [-0.4, -0.2) is 61.8 Å². The Labute approximate surface area is 138 Å². The van der Waals surface area contributed by atoms with E-state index >= 15 is 0 Å². The number of morpholine rings is 2. The Morgan fingerprint density at radius 3 is 3.00 bits per heavy atom. The molecule has 0 unspecified atom stereocenters. The summed E-state index contributed by atoms with van der Waals surface area (Å²) in [6, 6.07) is 3.94. The van der Waals surface area contributed by atoms with Crippen molar-refractivity contribution < 1.29 is 14.3 Å². The van der Waals surface area contributed by atoms with Crippen molar-refractivity contribution in [1.82, 2.24) is 15.2 Å². The van der Waals surface area contributed by atoms with Gasteiger partial charge in [0.25, 0.3) is 5.91 Å². The highest BCUT2D eigenvalue weighted by atomic mass is 32.1. The summed E-state index contributed by atoms with van der Waals surface area (Å²) in [7, 11) is 0. The number of thiophene rings is 1. The number of aromatic nitrogens is 1. The van der Waals surface area contributed by atoms with E-state index in [-0.39, 0.29) is 12.0 Å². The van der Waals surface area contributed by atoms with Gasteiger partial charge in [0.05, 0.1) is 25.9 Å². The number of carbonyl (C=O) groups is 1. The summed E-state index contributed by atoms with van der Waals surface area (Å²) in [6.07, 6.45) is 1.67. The van der Waals surface area contributed by atoms with Gasteiger partial charge in [-0.25, -0.2) is 4.98 Å². The predicted octanol–water partition coefficient (Wildman–Crippen LogP) is 1.43. The Morgan fingerprint density at radius 1 is 1.35 bits per heavy atom. The van der Waals surface area contributed by atoms with Gasteiger partial charge >= 0.3 is 0 Å². The molecule has 2 aromatic heterocycles. The fourth-order valence-electron chi connectivity index (χ4n) is 3.09. The Hall–Kier alpha value is -1.54. The van der Waals surface area contributed by atoms with Crippen LogP contribution < -0.4 is 5.32 Å². The summed E-state index contributed by atoms with van der Waals surface area (Å²) in [6.45, 7) is 4.73. The van der Waals surface area contributed by atoms with Gasteiger partial charge in [-0.2, -0.15) is 0 Å². The highest BCUT2D eigenvalue weighted by molar-refractivity contribution is 7.20. The van der Waals surface area contributed by atoms with Gasteiger partial charge in [0.1, 0.15) is 9.71 Å². The minimum absolute atomic E-state index is 0.0699. The zero-order valence-corrected chi connectivity index (χ0v) is 13.6. The molecule has 0 spiro atoms. The second-order valence-corrected chi connectivity index (χ2v) is 6.67. The van der Waals surface area contributed by atoms with Gasteiger partial charge in [-0.15, -0.1) is 11.3 Å². The fraction of sp³-hybridized carbons (Fsp3) is 0.500. The third kappa shape index (κ3) is 2.85. The quantitative estimate of drug-likeness (QED) is 0.901. The molecule has 6 nitrogen and oxygen atoms in total. The lowest BCUT2D eigenvalue weighted by Gasteiger charge is -2.28. The number of pyridine rings is 1. The van der Waals surface area contributed by atoms with Gasteiger partial charge in [-0.1, -0.05) is 6.07 Å². The molecule has 122 valence electrons. The molecule has 1 amide bonds. The van der Waals surface area contributed by atoms with Gasteiger partial charge in [0.15, 0.2) is 0 Å². The molecule has 4 heterocycles. The average Bonchev–Trinajstić information content (AvgIpc) is 3.02. The first-order valence-electron chi connectivity index (χ1n) is 7.91. The number of nitrogens with one attached hydrogen (secondary N) is 1. The molecule has 0 radical (unpaired) electrons. The van der Waals surface area contributed by atoms with Crippen LogP contribution in [0.3, 0.4) is 0 Å². The Bertz CT molecular complexity index is 706. The van der Waals surface area contributed by atoms with E-state index in [1.807, 2.05) is 17.0 Å². The number of hydrogen-bond acceptors (Lipinski definition) is 6. The van der Waals surface area contributed by atoms with E-state index < -0.39 is 0 Å². The molecule has 0 saturated carbocycles. The van der Waals surface area contributed by atoms with Crippen LogP contribution in [-0.2, 0) is 9.47 Å². The van der Waals surface area contributed by atoms with Crippen molar-refractivity contribution in [3.05, 3.63) is 28.8 Å². The standard InChI is InChI=1S/C16H19N3O3S/c20-16(19-5-8-21-9-6-19)14-13(12-10-17-4-7-22-12)11-2-1-3-18-15(11)23-14/h1-3,12,17H,4-10H2/t12-/m1/s1. The first-order chi connectivity index (χ1) is 11.3. The third-order valence-corrected chi connectivity index (χ3v) is 5.36. The van der Waals surface area contributed by atoms with Gasteiger partial charge in [0.2, 0.25) is 0 Å². The summed E-state index contributed by atoms with van der Waals surface area (Å²) in [5.41, 5.74) is 0.988. The zero-order chi connectivity index (χ0) is 15.6. The van der Waals surface area contributed by atoms with E-state index in [0.29, 0.717) is 32.9 Å². The summed E-state index contributed by atoms with van der Waals surface area (Å²) in [4.78, 5) is 21.0. The van der Waals surface area contributed by atoms with Crippen LogP contribution in [0, 0.1) is 0 Å². The van der Waals surface area contributed by atoms with Crippen molar-refractivity contribution in [2.75, 3.05) is 46.0 Å². The normalized spacial score (nSPS) is 22.4. The van der Waals surface area contributed by atoms with E-state index in [1.54, 1.807) is 6.20 Å². The SMILES string of the molecule is O=C(c1sc2ncccc2c1[C@H]1CNCCO1)N1CCOCC1. The molecule has 0 aromatic carbocycles. The summed E-state index contributed by atoms with van der Waals surface area (Å²) < 4.78 is 11.3. The van der Waals surface area contributed by atoms with E-state index in [1.165, 1.54) is 11.3 Å². The van der Waals surface area contributed by atoms with Crippen LogP contribution in [0.4, 0.5) is 0 Å². The molecule has 4 rings (SSSR count). The summed E-state index contributed by atoms with van der Waals surface area (Å²) >= 11 is 1.47. The molecule has 1 atom stereocenters. The number of rotatable bonds is 2. The van der Waals surface area contributed by atoms with Crippen LogP contribution in [0.15, 0.2) is 18.3 Å². The Kier molecular flexibility index (Phi) is 4.26. The predicted molar refractivity (Wildman–Crippen MR) is 87.9 cm³/mol. The lowest BCUT2D eigenvalue weighted by atomic mass is 10.0. The maximum atomic E-state index is 13.0. The number of nitrogens with zero attached hydrogens (tertiary/aromatic N) is 2. The molecule has 2 aliphatic heterocycles. The number of carbonyl (C=O) groups excluding carboxylic acids is 1. The van der Waals surface area contributed by atoms with E-state index in [2.05, 4.69) is 10.3 Å². The summed E-state index contributed by atoms with van der Waals surface area (Å²) in [5, 5.41) is 4.38. The molecule has 2 aliphatic rings. The van der Waals surface area contributed by atoms with Crippen LogP contribution in [0.5, 0.6) is 0 Å². The third-order valence-electron chi connectivity index (χ3n) is 4.25. The minimum Gasteiger partial charge on any atom is -0.378 e. The largest absolute Gasteiger partial charge is 0.378 e. The molecule has 7 heteroatoms. The van der Waals surface area contributed by atoms with Crippen molar-refractivity contribution in [2.45, 2.75) is 6.10 Å². The van der Waals surface area contributed by atoms with Gasteiger partial charge in [-0.3, -0.25) is 4.79 Å². The minimum atomic E-state index is -0.0957. The van der Waals surface area contributed by atoms with Crippen LogP contribution in [0.2, 0.25) is 0 Å². The molecule has 2 fully saturated rings. The smallest absolute Gasteiger partial charge is 0.264 e. The maximum absolute atomic E-state index is 13.0. The topological polar surface area (TPSA) is 63.7 Å². The molecule has 23 heavy (non-hydrogen) atoms. The van der Waals surface area contributed by atoms with Crippen molar-refractivity contribution in [2.24, 2.45) is 0 Å². The van der Waals surface area contributed by atoms with Crippen LogP contribution >= 0.6 is 11.3 Å². The first-order valence-corrected chi connectivity index (χ1v) is 8.73. The second-order valence-electron chi connectivity index (χ2n) is 5.67. The van der Waals surface area contributed by atoms with Crippen LogP contribution in [0.25, 0.3) is 10.2 Å². The number of amides is 1. The highest BCUT2D eigenvalue weighted by Crippen LogP contribution is 2.37. The second kappa shape index (κ2) is 6.52. The molecular formula is C16H19N3O3S. The van der Waals surface area contributed by atoms with Crippen molar-refractivity contribution in [1.29, 1.82) is 0 Å². The van der Waals surface area contributed by atoms with E-state index in [0.717, 1.165) is 33.7 Å². The number of fused-ring (bicyclic) bond motifs is 1. The maximum Gasteiger partial charge on any atom is 0.264 e. The monoisotopic (exact) mass is 333 g/mol. The lowest BCUT2D eigenvalue weighted by molar-refractivity contribution is 0.0240. The van der Waals surface area contributed by atoms with Crippen LogP contribution in [0.1, 0.15) is 21.3 Å². The molecule has 1 N–H and O–H groups in total. The molecule has 2 saturated heterocycles. The molecule has 2 aromatic rings. The Morgan fingerprint density at radius 2 is 2.22 bits per heavy atom. The Balaban J connectivity index is 1.76. The van der Waals surface area contributed by atoms with Crippen molar-refractivity contribution >= 4 is 27.5 Å². The fourth-order valence-corrected chi connectivity index (χ4v) is 4.25. The van der Waals surface area contributed by atoms with Gasteiger partial charge < -0.3 is 19.7 Å². The molecular weight excluding hydrogens is 314 g/mol. The van der Waals surface area contributed by atoms with Crippen molar-refractivity contribution in [3.63, 3.8) is 0 Å². The van der Waals surface area contributed by atoms with E-state index in [9.17, 15) is 4.79 Å². The first kappa shape index (κ1) is 15.0. The van der Waals surface area contributed by atoms with Gasteiger partial charge in [0, 0.05) is 43.3 Å². The molecule has 0 bridgehead atoms. The van der Waals surface area contributed by atoms with Crippen molar-refractivity contribution in [3.8, 4) is 0 Å². The number of ether oxygens (including phenoxy) is 2. The average molecular weight is 333 g/mol. The lowest BCUT2D eigenvalue weighted by Crippen LogP contribution is -2.41.